The van der Waals surface area contributed by atoms with Crippen molar-refractivity contribution in [3.05, 3.63) is 42.7 Å². The summed E-state index contributed by atoms with van der Waals surface area (Å²) in [6, 6.07) is 9.42. The van der Waals surface area contributed by atoms with Crippen LogP contribution in [-0.4, -0.2) is 75.4 Å². The largest absolute Gasteiger partial charge is 0.355 e. The number of anilines is 2. The molecule has 2 aliphatic rings. The second kappa shape index (κ2) is 8.67. The number of hydrogen-bond acceptors (Lipinski definition) is 7. The molecule has 1 atom stereocenters. The second-order valence-corrected chi connectivity index (χ2v) is 10.0. The first kappa shape index (κ1) is 20.1. The van der Waals surface area contributed by atoms with Gasteiger partial charge in [-0.15, -0.1) is 0 Å². The maximum absolute atomic E-state index is 12.2. The van der Waals surface area contributed by atoms with Gasteiger partial charge in [0.25, 0.3) is 0 Å². The molecule has 2 aromatic heterocycles. The minimum Gasteiger partial charge on any atom is -0.355 e. The van der Waals surface area contributed by atoms with Gasteiger partial charge in [-0.05, 0) is 43.0 Å². The van der Waals surface area contributed by atoms with Crippen molar-refractivity contribution in [2.24, 2.45) is 5.92 Å². The number of sulfone groups is 1. The maximum atomic E-state index is 12.2. The molecule has 0 aliphatic carbocycles. The van der Waals surface area contributed by atoms with Crippen LogP contribution in [0, 0.1) is 5.92 Å². The van der Waals surface area contributed by atoms with Crippen molar-refractivity contribution in [1.29, 1.82) is 0 Å². The highest BCUT2D eigenvalue weighted by Crippen LogP contribution is 2.28. The van der Waals surface area contributed by atoms with Crippen LogP contribution in [0.15, 0.2) is 47.6 Å². The highest BCUT2D eigenvalue weighted by atomic mass is 32.2. The molecule has 2 aliphatic heterocycles. The smallest absolute Gasteiger partial charge is 0.179 e. The van der Waals surface area contributed by atoms with Crippen LogP contribution in [0.1, 0.15) is 12.8 Å². The first-order valence-electron chi connectivity index (χ1n) is 10.3. The highest BCUT2D eigenvalue weighted by molar-refractivity contribution is 7.90. The van der Waals surface area contributed by atoms with Gasteiger partial charge in [0.05, 0.1) is 0 Å². The quantitative estimate of drug-likeness (QED) is 0.739. The molecule has 0 saturated carbocycles. The van der Waals surface area contributed by atoms with Crippen molar-refractivity contribution >= 4 is 21.5 Å². The molecular formula is C21H29N5O2S. The molecule has 0 aromatic carbocycles. The lowest BCUT2D eigenvalue weighted by Crippen LogP contribution is -2.50. The van der Waals surface area contributed by atoms with E-state index in [4.69, 9.17) is 0 Å². The zero-order chi connectivity index (χ0) is 20.3. The molecule has 2 aromatic rings. The van der Waals surface area contributed by atoms with E-state index in [2.05, 4.69) is 30.7 Å². The van der Waals surface area contributed by atoms with Gasteiger partial charge < -0.3 is 9.80 Å². The van der Waals surface area contributed by atoms with E-state index < -0.39 is 9.84 Å². The molecule has 29 heavy (non-hydrogen) atoms. The fraction of sp³-hybridized carbons (Fsp3) is 0.524. The molecule has 0 bridgehead atoms. The van der Waals surface area contributed by atoms with Gasteiger partial charge in [0, 0.05) is 64.5 Å². The first-order chi connectivity index (χ1) is 14.0. The monoisotopic (exact) mass is 415 g/mol. The molecule has 156 valence electrons. The van der Waals surface area contributed by atoms with Crippen LogP contribution in [0.2, 0.25) is 0 Å². The van der Waals surface area contributed by atoms with Gasteiger partial charge in [0.15, 0.2) is 9.84 Å². The van der Waals surface area contributed by atoms with Gasteiger partial charge in [0.1, 0.15) is 16.5 Å². The second-order valence-electron chi connectivity index (χ2n) is 8.03. The van der Waals surface area contributed by atoms with Gasteiger partial charge >= 0.3 is 0 Å². The Morgan fingerprint density at radius 2 is 1.76 bits per heavy atom. The van der Waals surface area contributed by atoms with E-state index in [1.54, 1.807) is 18.3 Å². The van der Waals surface area contributed by atoms with Gasteiger partial charge in [-0.1, -0.05) is 6.07 Å². The van der Waals surface area contributed by atoms with Gasteiger partial charge in [0.2, 0.25) is 0 Å². The van der Waals surface area contributed by atoms with E-state index in [9.17, 15) is 8.42 Å². The molecule has 2 fully saturated rings. The van der Waals surface area contributed by atoms with Crippen LogP contribution in [0.4, 0.5) is 11.6 Å². The fourth-order valence-electron chi connectivity index (χ4n) is 4.38. The van der Waals surface area contributed by atoms with Crippen molar-refractivity contribution in [2.75, 3.05) is 61.9 Å². The Morgan fingerprint density at radius 3 is 2.48 bits per heavy atom. The Balaban J connectivity index is 1.36. The maximum Gasteiger partial charge on any atom is 0.179 e. The summed E-state index contributed by atoms with van der Waals surface area (Å²) in [6.07, 6.45) is 7.04. The lowest BCUT2D eigenvalue weighted by molar-refractivity contribution is 0.205. The van der Waals surface area contributed by atoms with Gasteiger partial charge in [-0.2, -0.15) is 0 Å². The SMILES string of the molecule is CS(=O)(=O)c1cccnc1N1CCCC(CN2CCN(c3ccccn3)CC2)C1. The van der Waals surface area contributed by atoms with E-state index in [0.29, 0.717) is 16.6 Å². The summed E-state index contributed by atoms with van der Waals surface area (Å²) in [5.41, 5.74) is 0. The van der Waals surface area contributed by atoms with Crippen molar-refractivity contribution in [3.8, 4) is 0 Å². The predicted octanol–water partition coefficient (Wildman–Crippen LogP) is 1.92. The molecule has 2 saturated heterocycles. The normalized spacial score (nSPS) is 21.3. The molecule has 7 nitrogen and oxygen atoms in total. The van der Waals surface area contributed by atoms with Gasteiger partial charge in [-0.3, -0.25) is 4.90 Å². The third-order valence-corrected chi connectivity index (χ3v) is 6.95. The van der Waals surface area contributed by atoms with Crippen molar-refractivity contribution in [3.63, 3.8) is 0 Å². The molecule has 8 heteroatoms. The summed E-state index contributed by atoms with van der Waals surface area (Å²) in [4.78, 5) is 16.2. The van der Waals surface area contributed by atoms with E-state index >= 15 is 0 Å². The summed E-state index contributed by atoms with van der Waals surface area (Å²) in [5, 5.41) is 0. The Hall–Kier alpha value is -2.19. The first-order valence-corrected chi connectivity index (χ1v) is 12.2. The van der Waals surface area contributed by atoms with Crippen LogP contribution >= 0.6 is 0 Å². The zero-order valence-electron chi connectivity index (χ0n) is 16.9. The summed E-state index contributed by atoms with van der Waals surface area (Å²) >= 11 is 0. The number of rotatable bonds is 5. The van der Waals surface area contributed by atoms with Crippen LogP contribution in [-0.2, 0) is 9.84 Å². The van der Waals surface area contributed by atoms with Crippen molar-refractivity contribution in [1.82, 2.24) is 14.9 Å². The minimum absolute atomic E-state index is 0.338. The lowest BCUT2D eigenvalue weighted by atomic mass is 9.97. The zero-order valence-corrected chi connectivity index (χ0v) is 17.8. The summed E-state index contributed by atoms with van der Waals surface area (Å²) in [6.45, 7) is 6.82. The minimum atomic E-state index is -3.29. The number of nitrogens with zero attached hydrogens (tertiary/aromatic N) is 5. The molecule has 0 radical (unpaired) electrons. The average Bonchev–Trinajstić information content (AvgIpc) is 2.75. The summed E-state index contributed by atoms with van der Waals surface area (Å²) in [5.74, 6) is 2.19. The molecule has 1 unspecified atom stereocenters. The van der Waals surface area contributed by atoms with Crippen LogP contribution in [0.5, 0.6) is 0 Å². The third kappa shape index (κ3) is 4.87. The standard InChI is InChI=1S/C21H29N5O2S/c1-29(27,28)19-7-4-10-23-21(19)26-11-5-6-18(17-26)16-24-12-14-25(15-13-24)20-8-2-3-9-22-20/h2-4,7-10,18H,5-6,11-17H2,1H3. The van der Waals surface area contributed by atoms with Gasteiger partial charge in [-0.25, -0.2) is 18.4 Å². The predicted molar refractivity (Wildman–Crippen MR) is 115 cm³/mol. The van der Waals surface area contributed by atoms with Crippen LogP contribution < -0.4 is 9.80 Å². The van der Waals surface area contributed by atoms with Crippen LogP contribution in [0.25, 0.3) is 0 Å². The number of piperidine rings is 1. The molecule has 4 heterocycles. The molecular weight excluding hydrogens is 386 g/mol. The number of hydrogen-bond donors (Lipinski definition) is 0. The van der Waals surface area contributed by atoms with Crippen molar-refractivity contribution in [2.45, 2.75) is 17.7 Å². The Morgan fingerprint density at radius 1 is 0.966 bits per heavy atom. The van der Waals surface area contributed by atoms with Crippen molar-refractivity contribution < 1.29 is 8.42 Å². The fourth-order valence-corrected chi connectivity index (χ4v) is 5.22. The summed E-state index contributed by atoms with van der Waals surface area (Å²) < 4.78 is 24.3. The van der Waals surface area contributed by atoms with Crippen LogP contribution in [0.3, 0.4) is 0 Å². The van der Waals surface area contributed by atoms with E-state index in [1.165, 1.54) is 12.7 Å². The molecule has 4 rings (SSSR count). The highest BCUT2D eigenvalue weighted by Gasteiger charge is 2.27. The van der Waals surface area contributed by atoms with E-state index in [0.717, 1.165) is 58.1 Å². The lowest BCUT2D eigenvalue weighted by Gasteiger charge is -2.40. The number of pyridine rings is 2. The third-order valence-electron chi connectivity index (χ3n) is 5.83. The molecule has 0 amide bonds. The Labute approximate surface area is 173 Å². The molecule has 0 spiro atoms. The Kier molecular flexibility index (Phi) is 6.01. The summed E-state index contributed by atoms with van der Waals surface area (Å²) in [7, 11) is -3.29. The molecule has 0 N–H and O–H groups in total. The topological polar surface area (TPSA) is 69.6 Å². The number of piperazine rings is 1. The number of aromatic nitrogens is 2. The van der Waals surface area contributed by atoms with E-state index in [-0.39, 0.29) is 0 Å². The van der Waals surface area contributed by atoms with E-state index in [1.807, 2.05) is 18.3 Å². The Bertz CT molecular complexity index is 914. The average molecular weight is 416 g/mol.